The molecule has 0 radical (unpaired) electrons. The van der Waals surface area contributed by atoms with Gasteiger partial charge in [-0.1, -0.05) is 18.2 Å². The first-order valence-corrected chi connectivity index (χ1v) is 5.09. The van der Waals surface area contributed by atoms with Gasteiger partial charge < -0.3 is 10.6 Å². The highest BCUT2D eigenvalue weighted by atomic mass is 19.3. The number of alkyl halides is 4. The van der Waals surface area contributed by atoms with Gasteiger partial charge >= 0.3 is 18.3 Å². The zero-order chi connectivity index (χ0) is 13.8. The Labute approximate surface area is 101 Å². The Balaban J connectivity index is 2.88. The Morgan fingerprint density at radius 2 is 1.94 bits per heavy atom. The second-order valence-corrected chi connectivity index (χ2v) is 3.57. The van der Waals surface area contributed by atoms with E-state index in [9.17, 15) is 22.4 Å². The van der Waals surface area contributed by atoms with Crippen molar-refractivity contribution in [2.24, 2.45) is 0 Å². The molecule has 1 aromatic rings. The Morgan fingerprint density at radius 3 is 2.50 bits per heavy atom. The molecule has 0 spiro atoms. The van der Waals surface area contributed by atoms with Gasteiger partial charge in [0.2, 0.25) is 0 Å². The average molecular weight is 264 g/mol. The summed E-state index contributed by atoms with van der Waals surface area (Å²) in [6, 6.07) is 6.11. The van der Waals surface area contributed by atoms with Crippen molar-refractivity contribution in [3.8, 4) is 0 Å². The van der Waals surface area contributed by atoms with Crippen molar-refractivity contribution in [2.75, 3.05) is 12.4 Å². The SMILES string of the molecule is CNCc1ccccc1NC(=O)C(F)(F)C(F)F. The Morgan fingerprint density at radius 1 is 1.33 bits per heavy atom. The number of anilines is 1. The van der Waals surface area contributed by atoms with Crippen LogP contribution in [-0.2, 0) is 11.3 Å². The van der Waals surface area contributed by atoms with E-state index >= 15 is 0 Å². The van der Waals surface area contributed by atoms with E-state index < -0.39 is 18.3 Å². The lowest BCUT2D eigenvalue weighted by Gasteiger charge is -2.16. The maximum atomic E-state index is 12.8. The molecular weight excluding hydrogens is 252 g/mol. The number of rotatable bonds is 5. The number of hydrogen-bond acceptors (Lipinski definition) is 2. The fourth-order valence-corrected chi connectivity index (χ4v) is 1.29. The van der Waals surface area contributed by atoms with Crippen molar-refractivity contribution in [1.29, 1.82) is 0 Å². The topological polar surface area (TPSA) is 41.1 Å². The van der Waals surface area contributed by atoms with Gasteiger partial charge in [0.1, 0.15) is 0 Å². The van der Waals surface area contributed by atoms with Crippen LogP contribution < -0.4 is 10.6 Å². The molecule has 0 aliphatic carbocycles. The van der Waals surface area contributed by atoms with Crippen LogP contribution in [0.25, 0.3) is 0 Å². The number of halogens is 4. The molecule has 0 bridgehead atoms. The monoisotopic (exact) mass is 264 g/mol. The third kappa shape index (κ3) is 3.19. The van der Waals surface area contributed by atoms with Crippen molar-refractivity contribution >= 4 is 11.6 Å². The highest BCUT2D eigenvalue weighted by Gasteiger charge is 2.49. The summed E-state index contributed by atoms with van der Waals surface area (Å²) in [7, 11) is 1.63. The van der Waals surface area contributed by atoms with E-state index in [1.807, 2.05) is 5.32 Å². The molecule has 0 heterocycles. The van der Waals surface area contributed by atoms with Crippen LogP contribution in [0.4, 0.5) is 23.2 Å². The molecule has 3 nitrogen and oxygen atoms in total. The first-order chi connectivity index (χ1) is 8.39. The van der Waals surface area contributed by atoms with E-state index in [1.165, 1.54) is 12.1 Å². The number of nitrogens with one attached hydrogen (secondary N) is 2. The van der Waals surface area contributed by atoms with Crippen molar-refractivity contribution in [3.63, 3.8) is 0 Å². The number of carbonyl (C=O) groups is 1. The normalized spacial score (nSPS) is 11.7. The fraction of sp³-hybridized carbons (Fsp3) is 0.364. The molecular formula is C11H12F4N2O. The van der Waals surface area contributed by atoms with Gasteiger partial charge in [0.15, 0.2) is 0 Å². The van der Waals surface area contributed by atoms with Gasteiger partial charge in [0.05, 0.1) is 0 Å². The highest BCUT2D eigenvalue weighted by molar-refractivity contribution is 5.97. The summed E-state index contributed by atoms with van der Waals surface area (Å²) in [5.41, 5.74) is 0.607. The minimum Gasteiger partial charge on any atom is -0.320 e. The largest absolute Gasteiger partial charge is 0.383 e. The lowest BCUT2D eigenvalue weighted by molar-refractivity contribution is -0.163. The highest BCUT2D eigenvalue weighted by Crippen LogP contribution is 2.25. The molecule has 18 heavy (non-hydrogen) atoms. The van der Waals surface area contributed by atoms with Crippen LogP contribution in [0.5, 0.6) is 0 Å². The summed E-state index contributed by atoms with van der Waals surface area (Å²) >= 11 is 0. The lowest BCUT2D eigenvalue weighted by Crippen LogP contribution is -2.41. The molecule has 1 aromatic carbocycles. The van der Waals surface area contributed by atoms with Gasteiger partial charge in [-0.2, -0.15) is 8.78 Å². The summed E-state index contributed by atoms with van der Waals surface area (Å²) < 4.78 is 49.5. The van der Waals surface area contributed by atoms with Gasteiger partial charge in [-0.05, 0) is 18.7 Å². The Kier molecular flexibility index (Phi) is 4.66. The van der Waals surface area contributed by atoms with Crippen LogP contribution in [0, 0.1) is 0 Å². The standard InChI is InChI=1S/C11H12F4N2O/c1-16-6-7-4-2-3-5-8(7)17-10(18)11(14,15)9(12)13/h2-5,9,16H,6H2,1H3,(H,17,18). The summed E-state index contributed by atoms with van der Waals surface area (Å²) in [5, 5.41) is 4.58. The van der Waals surface area contributed by atoms with Crippen molar-refractivity contribution in [1.82, 2.24) is 5.32 Å². The Hall–Kier alpha value is -1.63. The molecule has 0 saturated carbocycles. The van der Waals surface area contributed by atoms with E-state index in [0.29, 0.717) is 12.1 Å². The number of carbonyl (C=O) groups excluding carboxylic acids is 1. The van der Waals surface area contributed by atoms with Crippen LogP contribution in [0.3, 0.4) is 0 Å². The minimum absolute atomic E-state index is 0.0807. The number of benzene rings is 1. The zero-order valence-electron chi connectivity index (χ0n) is 9.51. The van der Waals surface area contributed by atoms with Crippen LogP contribution in [0.1, 0.15) is 5.56 Å². The number of hydrogen-bond donors (Lipinski definition) is 2. The molecule has 1 amide bonds. The number of amides is 1. The van der Waals surface area contributed by atoms with Crippen molar-refractivity contribution < 1.29 is 22.4 Å². The maximum Gasteiger partial charge on any atom is 0.383 e. The van der Waals surface area contributed by atoms with E-state index in [0.717, 1.165) is 0 Å². The first kappa shape index (κ1) is 14.4. The van der Waals surface area contributed by atoms with E-state index in [4.69, 9.17) is 0 Å². The maximum absolute atomic E-state index is 12.8. The van der Waals surface area contributed by atoms with Crippen LogP contribution >= 0.6 is 0 Å². The fourth-order valence-electron chi connectivity index (χ4n) is 1.29. The predicted octanol–water partition coefficient (Wildman–Crippen LogP) is 2.24. The molecule has 0 fully saturated rings. The second-order valence-electron chi connectivity index (χ2n) is 3.57. The molecule has 1 rings (SSSR count). The van der Waals surface area contributed by atoms with Crippen molar-refractivity contribution in [3.05, 3.63) is 29.8 Å². The quantitative estimate of drug-likeness (QED) is 0.801. The molecule has 7 heteroatoms. The summed E-state index contributed by atoms with van der Waals surface area (Å²) in [6.45, 7) is 0.316. The third-order valence-corrected chi connectivity index (χ3v) is 2.21. The van der Waals surface area contributed by atoms with Gasteiger partial charge in [-0.3, -0.25) is 4.79 Å². The van der Waals surface area contributed by atoms with Crippen LogP contribution in [0.15, 0.2) is 24.3 Å². The van der Waals surface area contributed by atoms with Crippen LogP contribution in [0.2, 0.25) is 0 Å². The minimum atomic E-state index is -4.70. The van der Waals surface area contributed by atoms with Gasteiger partial charge in [0, 0.05) is 12.2 Å². The van der Waals surface area contributed by atoms with E-state index in [-0.39, 0.29) is 5.69 Å². The van der Waals surface area contributed by atoms with Gasteiger partial charge in [-0.15, -0.1) is 0 Å². The van der Waals surface area contributed by atoms with Crippen LogP contribution in [-0.4, -0.2) is 25.3 Å². The summed E-state index contributed by atoms with van der Waals surface area (Å²) in [4.78, 5) is 11.1. The first-order valence-electron chi connectivity index (χ1n) is 5.09. The smallest absolute Gasteiger partial charge is 0.320 e. The molecule has 0 saturated heterocycles. The molecule has 0 unspecified atom stereocenters. The molecule has 2 N–H and O–H groups in total. The van der Waals surface area contributed by atoms with Gasteiger partial charge in [-0.25, -0.2) is 8.78 Å². The predicted molar refractivity (Wildman–Crippen MR) is 58.8 cm³/mol. The molecule has 0 aromatic heterocycles. The van der Waals surface area contributed by atoms with Gasteiger partial charge in [0.25, 0.3) is 0 Å². The molecule has 0 aliphatic rings. The summed E-state index contributed by atoms with van der Waals surface area (Å²) in [6.07, 6.45) is -4.03. The number of para-hydroxylation sites is 1. The summed E-state index contributed by atoms with van der Waals surface area (Å²) in [5.74, 6) is -6.71. The molecule has 0 atom stereocenters. The average Bonchev–Trinajstić information content (AvgIpc) is 2.31. The third-order valence-electron chi connectivity index (χ3n) is 2.21. The van der Waals surface area contributed by atoms with E-state index in [1.54, 1.807) is 19.2 Å². The van der Waals surface area contributed by atoms with Crippen molar-refractivity contribution in [2.45, 2.75) is 18.9 Å². The lowest BCUT2D eigenvalue weighted by atomic mass is 10.1. The second kappa shape index (κ2) is 5.81. The molecule has 0 aliphatic heterocycles. The Bertz CT molecular complexity index is 423. The molecule has 100 valence electrons. The zero-order valence-corrected chi connectivity index (χ0v) is 9.51. The van der Waals surface area contributed by atoms with E-state index in [2.05, 4.69) is 5.32 Å².